The van der Waals surface area contributed by atoms with E-state index in [0.717, 1.165) is 11.8 Å². The van der Waals surface area contributed by atoms with Gasteiger partial charge in [0.05, 0.1) is 21.9 Å². The minimum absolute atomic E-state index is 0.00587. The van der Waals surface area contributed by atoms with Gasteiger partial charge in [-0.25, -0.2) is 4.79 Å². The summed E-state index contributed by atoms with van der Waals surface area (Å²) in [5.41, 5.74) is -0.528. The van der Waals surface area contributed by atoms with Gasteiger partial charge in [0.1, 0.15) is 18.4 Å². The third-order valence-electron chi connectivity index (χ3n) is 5.48. The maximum absolute atomic E-state index is 13.1. The molecule has 12 heteroatoms. The topological polar surface area (TPSA) is 145 Å². The standard InChI is InChI=1S/C22H23N3O8S/c1-12(33-15(4)27)22-9-18(34-14(3)23-13(2)26)20(24(22)19(28)10-22)21(29)32-11-16-5-7-17(8-6-16)25(30)31/h5-8,12H,3,9-11H2,1-2,4H3,(H,23,26). The van der Waals surface area contributed by atoms with E-state index in [1.165, 1.54) is 43.0 Å². The summed E-state index contributed by atoms with van der Waals surface area (Å²) >= 11 is 1.03. The minimum atomic E-state index is -0.941. The number of nitro groups is 1. The van der Waals surface area contributed by atoms with E-state index in [0.29, 0.717) is 10.5 Å². The number of esters is 2. The van der Waals surface area contributed by atoms with Crippen LogP contribution in [0.5, 0.6) is 0 Å². The molecule has 3 rings (SSSR count). The summed E-state index contributed by atoms with van der Waals surface area (Å²) in [5, 5.41) is 13.6. The van der Waals surface area contributed by atoms with Gasteiger partial charge in [0, 0.05) is 37.3 Å². The van der Waals surface area contributed by atoms with Gasteiger partial charge in [-0.3, -0.25) is 29.4 Å². The number of amides is 2. The molecule has 0 aliphatic carbocycles. The van der Waals surface area contributed by atoms with Crippen molar-refractivity contribution in [3.05, 3.63) is 62.2 Å². The molecule has 2 aliphatic heterocycles. The van der Waals surface area contributed by atoms with Crippen molar-refractivity contribution >= 4 is 41.2 Å². The first-order chi connectivity index (χ1) is 15.9. The van der Waals surface area contributed by atoms with Crippen LogP contribution in [0.25, 0.3) is 0 Å². The maximum Gasteiger partial charge on any atom is 0.356 e. The molecule has 34 heavy (non-hydrogen) atoms. The largest absolute Gasteiger partial charge is 0.460 e. The lowest BCUT2D eigenvalue weighted by Crippen LogP contribution is -2.66. The Hall–Kier alpha value is -3.67. The molecule has 0 radical (unpaired) electrons. The van der Waals surface area contributed by atoms with E-state index in [1.54, 1.807) is 6.92 Å². The molecule has 2 heterocycles. The number of fused-ring (bicyclic) bond motifs is 1. The van der Waals surface area contributed by atoms with Gasteiger partial charge >= 0.3 is 11.9 Å². The van der Waals surface area contributed by atoms with Crippen molar-refractivity contribution < 1.29 is 33.6 Å². The first-order valence-electron chi connectivity index (χ1n) is 10.2. The van der Waals surface area contributed by atoms with Crippen LogP contribution in [0.1, 0.15) is 39.2 Å². The number of non-ortho nitro benzene ring substituents is 1. The van der Waals surface area contributed by atoms with Gasteiger partial charge in [-0.2, -0.15) is 0 Å². The van der Waals surface area contributed by atoms with Crippen molar-refractivity contribution in [3.63, 3.8) is 0 Å². The molecule has 1 aromatic carbocycles. The molecule has 180 valence electrons. The van der Waals surface area contributed by atoms with Crippen molar-refractivity contribution in [1.29, 1.82) is 0 Å². The number of benzene rings is 1. The molecule has 0 saturated carbocycles. The van der Waals surface area contributed by atoms with E-state index in [-0.39, 0.29) is 47.7 Å². The Labute approximate surface area is 199 Å². The average molecular weight is 490 g/mol. The highest BCUT2D eigenvalue weighted by molar-refractivity contribution is 8.06. The van der Waals surface area contributed by atoms with Gasteiger partial charge in [0.2, 0.25) is 11.8 Å². The van der Waals surface area contributed by atoms with Gasteiger partial charge in [-0.05, 0) is 24.6 Å². The third-order valence-corrected chi connectivity index (χ3v) is 6.41. The lowest BCUT2D eigenvalue weighted by atomic mass is 9.79. The molecule has 1 N–H and O–H groups in total. The van der Waals surface area contributed by atoms with Crippen LogP contribution in [0.2, 0.25) is 0 Å². The van der Waals surface area contributed by atoms with E-state index in [1.807, 2.05) is 0 Å². The normalized spacial score (nSPS) is 19.6. The molecule has 1 aromatic rings. The quantitative estimate of drug-likeness (QED) is 0.239. The summed E-state index contributed by atoms with van der Waals surface area (Å²) < 4.78 is 10.8. The molecule has 2 amide bonds. The first kappa shape index (κ1) is 25.0. The van der Waals surface area contributed by atoms with E-state index in [9.17, 15) is 29.3 Å². The summed E-state index contributed by atoms with van der Waals surface area (Å²) in [5.74, 6) is -1.99. The number of nitro benzene ring substituents is 1. The highest BCUT2D eigenvalue weighted by Crippen LogP contribution is 2.54. The number of thioether (sulfide) groups is 1. The summed E-state index contributed by atoms with van der Waals surface area (Å²) in [6.07, 6.45) is -0.428. The molecule has 1 fully saturated rings. The van der Waals surface area contributed by atoms with E-state index in [2.05, 4.69) is 11.9 Å². The Morgan fingerprint density at radius 3 is 2.44 bits per heavy atom. The van der Waals surface area contributed by atoms with Gasteiger partial charge in [-0.15, -0.1) is 0 Å². The molecular formula is C22H23N3O8S. The number of ether oxygens (including phenoxy) is 2. The number of rotatable bonds is 9. The van der Waals surface area contributed by atoms with Gasteiger partial charge in [-0.1, -0.05) is 18.3 Å². The minimum Gasteiger partial charge on any atom is -0.460 e. The fourth-order valence-corrected chi connectivity index (χ4v) is 5.06. The van der Waals surface area contributed by atoms with Crippen LogP contribution in [-0.4, -0.2) is 45.2 Å². The number of hydrogen-bond acceptors (Lipinski definition) is 9. The fourth-order valence-electron chi connectivity index (χ4n) is 3.97. The molecule has 1 saturated heterocycles. The van der Waals surface area contributed by atoms with Crippen LogP contribution in [0, 0.1) is 10.1 Å². The number of carbonyl (C=O) groups excluding carboxylic acids is 4. The number of nitrogens with zero attached hydrogens (tertiary/aromatic N) is 2. The van der Waals surface area contributed by atoms with Crippen LogP contribution in [0.3, 0.4) is 0 Å². The van der Waals surface area contributed by atoms with E-state index >= 15 is 0 Å². The molecule has 0 aromatic heterocycles. The monoisotopic (exact) mass is 489 g/mol. The smallest absolute Gasteiger partial charge is 0.356 e. The van der Waals surface area contributed by atoms with Crippen molar-refractivity contribution in [2.75, 3.05) is 0 Å². The summed E-state index contributed by atoms with van der Waals surface area (Å²) in [7, 11) is 0. The number of nitrogens with one attached hydrogen (secondary N) is 1. The number of carbonyl (C=O) groups is 4. The van der Waals surface area contributed by atoms with Gasteiger partial charge in [0.25, 0.3) is 5.69 Å². The second kappa shape index (κ2) is 9.67. The second-order valence-electron chi connectivity index (χ2n) is 7.92. The van der Waals surface area contributed by atoms with Crippen LogP contribution in [0.4, 0.5) is 5.69 Å². The molecular weight excluding hydrogens is 466 g/mol. The molecule has 11 nitrogen and oxygen atoms in total. The zero-order valence-corrected chi connectivity index (χ0v) is 19.6. The summed E-state index contributed by atoms with van der Waals surface area (Å²) in [6.45, 7) is 7.82. The molecule has 2 atom stereocenters. The molecule has 2 unspecified atom stereocenters. The highest BCUT2D eigenvalue weighted by atomic mass is 32.2. The molecule has 0 bridgehead atoms. The number of β-lactam (4-membered cyclic amide) rings is 1. The Bertz CT molecular complexity index is 1110. The molecule has 2 aliphatic rings. The third kappa shape index (κ3) is 4.96. The summed E-state index contributed by atoms with van der Waals surface area (Å²) in [6, 6.07) is 5.51. The van der Waals surface area contributed by atoms with Crippen LogP contribution >= 0.6 is 11.8 Å². The molecule has 0 spiro atoms. The van der Waals surface area contributed by atoms with Crippen molar-refractivity contribution in [2.45, 2.75) is 51.9 Å². The SMILES string of the molecule is C=C(NC(C)=O)SC1=C(C(=O)OCc2ccc([N+](=O)[O-])cc2)N2C(=O)CC2(C(C)OC(C)=O)C1. The van der Waals surface area contributed by atoms with E-state index in [4.69, 9.17) is 9.47 Å². The van der Waals surface area contributed by atoms with E-state index < -0.39 is 28.5 Å². The zero-order chi connectivity index (χ0) is 25.2. The van der Waals surface area contributed by atoms with Crippen LogP contribution < -0.4 is 5.32 Å². The fraction of sp³-hybridized carbons (Fsp3) is 0.364. The Kier molecular flexibility index (Phi) is 7.10. The average Bonchev–Trinajstić information content (AvgIpc) is 3.00. The number of hydrogen-bond donors (Lipinski definition) is 1. The first-order valence-corrected chi connectivity index (χ1v) is 11.0. The van der Waals surface area contributed by atoms with Gasteiger partial charge in [0.15, 0.2) is 0 Å². The van der Waals surface area contributed by atoms with Gasteiger partial charge < -0.3 is 14.8 Å². The Morgan fingerprint density at radius 2 is 1.91 bits per heavy atom. The lowest BCUT2D eigenvalue weighted by molar-refractivity contribution is -0.384. The maximum atomic E-state index is 13.1. The second-order valence-corrected chi connectivity index (χ2v) is 9.11. The van der Waals surface area contributed by atoms with Crippen molar-refractivity contribution in [1.82, 2.24) is 10.2 Å². The zero-order valence-electron chi connectivity index (χ0n) is 18.8. The highest BCUT2D eigenvalue weighted by Gasteiger charge is 2.63. The predicted octanol–water partition coefficient (Wildman–Crippen LogP) is 2.52. The lowest BCUT2D eigenvalue weighted by Gasteiger charge is -2.50. The Balaban J connectivity index is 1.85. The summed E-state index contributed by atoms with van der Waals surface area (Å²) in [4.78, 5) is 60.6. The van der Waals surface area contributed by atoms with Crippen molar-refractivity contribution in [2.24, 2.45) is 0 Å². The predicted molar refractivity (Wildman–Crippen MR) is 121 cm³/mol. The van der Waals surface area contributed by atoms with Crippen molar-refractivity contribution in [3.8, 4) is 0 Å². The Morgan fingerprint density at radius 1 is 1.26 bits per heavy atom. The van der Waals surface area contributed by atoms with Crippen LogP contribution in [-0.2, 0) is 35.3 Å². The van der Waals surface area contributed by atoms with Crippen LogP contribution in [0.15, 0.2) is 46.5 Å².